The minimum atomic E-state index is -0.415. The minimum absolute atomic E-state index is 0.0365. The Hall–Kier alpha value is -2.77. The smallest absolute Gasteiger partial charge is 0.267 e. The van der Waals surface area contributed by atoms with E-state index in [4.69, 9.17) is 11.6 Å². The summed E-state index contributed by atoms with van der Waals surface area (Å²) in [6.07, 6.45) is 2.96. The van der Waals surface area contributed by atoms with E-state index in [0.717, 1.165) is 28.8 Å². The Labute approximate surface area is 159 Å². The lowest BCUT2D eigenvalue weighted by Gasteiger charge is -2.12. The van der Waals surface area contributed by atoms with E-state index >= 15 is 0 Å². The van der Waals surface area contributed by atoms with Crippen molar-refractivity contribution in [2.75, 3.05) is 11.9 Å². The molecule has 0 radical (unpaired) electrons. The van der Waals surface area contributed by atoms with E-state index in [1.807, 2.05) is 62.4 Å². The maximum absolute atomic E-state index is 12.4. The van der Waals surface area contributed by atoms with Crippen LogP contribution >= 0.6 is 11.6 Å². The van der Waals surface area contributed by atoms with Crippen LogP contribution in [0.3, 0.4) is 0 Å². The number of hydrogen-bond acceptors (Lipinski definition) is 3. The maximum atomic E-state index is 12.4. The van der Waals surface area contributed by atoms with Gasteiger partial charge in [-0.1, -0.05) is 54.9 Å². The lowest BCUT2D eigenvalue weighted by atomic mass is 10.1. The van der Waals surface area contributed by atoms with E-state index in [1.54, 1.807) is 0 Å². The number of amides is 1. The van der Waals surface area contributed by atoms with Crippen LogP contribution in [0, 0.1) is 18.3 Å². The molecule has 2 rings (SSSR count). The Morgan fingerprint density at radius 3 is 2.62 bits per heavy atom. The number of carbonyl (C=O) groups excluding carboxylic acids is 1. The fraction of sp³-hybridized carbons (Fsp3) is 0.238. The van der Waals surface area contributed by atoms with Gasteiger partial charge < -0.3 is 10.6 Å². The number of aryl methyl sites for hydroxylation is 2. The maximum Gasteiger partial charge on any atom is 0.267 e. The van der Waals surface area contributed by atoms with E-state index < -0.39 is 5.91 Å². The third kappa shape index (κ3) is 5.11. The van der Waals surface area contributed by atoms with Crippen molar-refractivity contribution < 1.29 is 4.79 Å². The first kappa shape index (κ1) is 19.6. The van der Waals surface area contributed by atoms with Gasteiger partial charge in [-0.15, -0.1) is 0 Å². The molecule has 2 N–H and O–H groups in total. The molecule has 0 heterocycles. The van der Waals surface area contributed by atoms with E-state index in [0.29, 0.717) is 18.0 Å². The zero-order valence-corrected chi connectivity index (χ0v) is 15.7. The molecular formula is C21H22ClN3O. The van der Waals surface area contributed by atoms with Crippen LogP contribution in [-0.4, -0.2) is 12.5 Å². The first-order valence-corrected chi connectivity index (χ1v) is 8.91. The second-order valence-corrected chi connectivity index (χ2v) is 6.29. The number of benzene rings is 2. The van der Waals surface area contributed by atoms with Crippen LogP contribution in [-0.2, 0) is 17.6 Å². The molecule has 0 aromatic heterocycles. The number of anilines is 1. The highest BCUT2D eigenvalue weighted by Crippen LogP contribution is 2.21. The summed E-state index contributed by atoms with van der Waals surface area (Å²) >= 11 is 6.12. The fourth-order valence-electron chi connectivity index (χ4n) is 2.61. The van der Waals surface area contributed by atoms with Crippen molar-refractivity contribution in [1.29, 1.82) is 5.26 Å². The van der Waals surface area contributed by atoms with Crippen LogP contribution in [0.15, 0.2) is 54.2 Å². The number of nitriles is 1. The molecule has 0 spiro atoms. The Kier molecular flexibility index (Phi) is 7.25. The summed E-state index contributed by atoms with van der Waals surface area (Å²) in [6.45, 7) is 4.54. The number of carbonyl (C=O) groups is 1. The number of para-hydroxylation sites is 1. The number of rotatable bonds is 7. The van der Waals surface area contributed by atoms with Gasteiger partial charge in [0.15, 0.2) is 0 Å². The van der Waals surface area contributed by atoms with Crippen molar-refractivity contribution in [2.45, 2.75) is 26.7 Å². The predicted octanol–water partition coefficient (Wildman–Crippen LogP) is 4.39. The zero-order chi connectivity index (χ0) is 18.9. The van der Waals surface area contributed by atoms with Gasteiger partial charge in [-0.2, -0.15) is 5.26 Å². The Morgan fingerprint density at radius 2 is 1.92 bits per heavy atom. The lowest BCUT2D eigenvalue weighted by Crippen LogP contribution is -2.19. The molecule has 0 fully saturated rings. The van der Waals surface area contributed by atoms with E-state index in [2.05, 4.69) is 10.6 Å². The minimum Gasteiger partial charge on any atom is -0.389 e. The molecule has 0 aliphatic heterocycles. The highest BCUT2D eigenvalue weighted by molar-refractivity contribution is 6.31. The predicted molar refractivity (Wildman–Crippen MR) is 106 cm³/mol. The van der Waals surface area contributed by atoms with Gasteiger partial charge in [0.1, 0.15) is 11.6 Å². The van der Waals surface area contributed by atoms with Crippen molar-refractivity contribution in [3.63, 3.8) is 0 Å². The third-order valence-corrected chi connectivity index (χ3v) is 4.46. The first-order chi connectivity index (χ1) is 12.6. The average molecular weight is 368 g/mol. The number of nitrogens with zero attached hydrogens (tertiary/aromatic N) is 1. The molecule has 0 bridgehead atoms. The number of halogens is 1. The molecule has 2 aromatic rings. The van der Waals surface area contributed by atoms with E-state index in [-0.39, 0.29) is 5.57 Å². The van der Waals surface area contributed by atoms with Crippen LogP contribution in [0.1, 0.15) is 23.6 Å². The first-order valence-electron chi connectivity index (χ1n) is 8.53. The van der Waals surface area contributed by atoms with E-state index in [1.165, 1.54) is 6.20 Å². The summed E-state index contributed by atoms with van der Waals surface area (Å²) in [5.41, 5.74) is 3.85. The Bertz CT molecular complexity index is 853. The highest BCUT2D eigenvalue weighted by atomic mass is 35.5. The molecule has 0 atom stereocenters. The van der Waals surface area contributed by atoms with E-state index in [9.17, 15) is 10.1 Å². The quantitative estimate of drug-likeness (QED) is 0.433. The van der Waals surface area contributed by atoms with Gasteiger partial charge in [-0.25, -0.2) is 0 Å². The highest BCUT2D eigenvalue weighted by Gasteiger charge is 2.12. The lowest BCUT2D eigenvalue weighted by molar-refractivity contribution is -0.112. The van der Waals surface area contributed by atoms with Crippen molar-refractivity contribution in [2.24, 2.45) is 0 Å². The average Bonchev–Trinajstić information content (AvgIpc) is 2.64. The van der Waals surface area contributed by atoms with Gasteiger partial charge >= 0.3 is 0 Å². The second-order valence-electron chi connectivity index (χ2n) is 5.88. The van der Waals surface area contributed by atoms with Crippen LogP contribution in [0.2, 0.25) is 5.02 Å². The summed E-state index contributed by atoms with van der Waals surface area (Å²) in [4.78, 5) is 12.4. The van der Waals surface area contributed by atoms with Gasteiger partial charge in [0.2, 0.25) is 0 Å². The van der Waals surface area contributed by atoms with Crippen LogP contribution in [0.25, 0.3) is 0 Å². The van der Waals surface area contributed by atoms with Gasteiger partial charge in [0, 0.05) is 23.5 Å². The summed E-state index contributed by atoms with van der Waals surface area (Å²) in [7, 11) is 0. The fourth-order valence-corrected chi connectivity index (χ4v) is 2.84. The molecule has 0 saturated carbocycles. The Balaban J connectivity index is 1.99. The molecule has 26 heavy (non-hydrogen) atoms. The van der Waals surface area contributed by atoms with Crippen molar-refractivity contribution in [3.05, 3.63) is 76.0 Å². The molecule has 0 saturated heterocycles. The molecule has 2 aromatic carbocycles. The molecule has 0 aliphatic carbocycles. The van der Waals surface area contributed by atoms with Crippen LogP contribution < -0.4 is 10.6 Å². The Morgan fingerprint density at radius 1 is 1.19 bits per heavy atom. The molecule has 4 nitrogen and oxygen atoms in total. The molecule has 0 aliphatic rings. The normalized spacial score (nSPS) is 10.9. The molecule has 0 unspecified atom stereocenters. The van der Waals surface area contributed by atoms with Gasteiger partial charge in [-0.05, 0) is 42.5 Å². The molecule has 5 heteroatoms. The number of nitrogens with one attached hydrogen (secondary N) is 2. The second kappa shape index (κ2) is 9.65. The topological polar surface area (TPSA) is 64.9 Å². The van der Waals surface area contributed by atoms with Crippen molar-refractivity contribution in [1.82, 2.24) is 5.32 Å². The molecule has 134 valence electrons. The SMILES string of the molecule is CCc1cccc(C)c1NC(=O)/C(C#N)=C\NCCc1ccccc1Cl. The van der Waals surface area contributed by atoms with Gasteiger partial charge in [-0.3, -0.25) is 4.79 Å². The van der Waals surface area contributed by atoms with Gasteiger partial charge in [0.25, 0.3) is 5.91 Å². The summed E-state index contributed by atoms with van der Waals surface area (Å²) in [5, 5.41) is 15.9. The van der Waals surface area contributed by atoms with Crippen LogP contribution in [0.5, 0.6) is 0 Å². The standard InChI is InChI=1S/C21H22ClN3O/c1-3-16-9-6-7-15(2)20(16)25-21(26)18(13-23)14-24-12-11-17-8-4-5-10-19(17)22/h4-10,14,24H,3,11-12H2,1-2H3,(H,25,26)/b18-14-. The van der Waals surface area contributed by atoms with Crippen LogP contribution in [0.4, 0.5) is 5.69 Å². The third-order valence-electron chi connectivity index (χ3n) is 4.09. The van der Waals surface area contributed by atoms with Crippen molar-refractivity contribution in [3.8, 4) is 6.07 Å². The summed E-state index contributed by atoms with van der Waals surface area (Å²) < 4.78 is 0. The monoisotopic (exact) mass is 367 g/mol. The summed E-state index contributed by atoms with van der Waals surface area (Å²) in [6, 6.07) is 15.4. The van der Waals surface area contributed by atoms with Crippen molar-refractivity contribution >= 4 is 23.2 Å². The van der Waals surface area contributed by atoms with Gasteiger partial charge in [0.05, 0.1) is 0 Å². The largest absolute Gasteiger partial charge is 0.389 e. The number of hydrogen-bond donors (Lipinski definition) is 2. The summed E-state index contributed by atoms with van der Waals surface area (Å²) in [5.74, 6) is -0.415. The molecular weight excluding hydrogens is 346 g/mol. The zero-order valence-electron chi connectivity index (χ0n) is 15.0. The molecule has 1 amide bonds.